The van der Waals surface area contributed by atoms with Crippen molar-refractivity contribution in [3.63, 3.8) is 0 Å². The number of cyclic esters (lactones) is 1. The highest BCUT2D eigenvalue weighted by molar-refractivity contribution is 5.88. The monoisotopic (exact) mass is 513 g/mol. The van der Waals surface area contributed by atoms with E-state index >= 15 is 0 Å². The zero-order valence-electron chi connectivity index (χ0n) is 21.8. The van der Waals surface area contributed by atoms with Crippen molar-refractivity contribution in [3.8, 4) is 0 Å². The molecule has 0 aromatic rings. The van der Waals surface area contributed by atoms with Gasteiger partial charge in [-0.1, -0.05) is 66.7 Å². The SMILES string of the molecule is CC(/C=C/C(=O)N=[N+]=[N-])=C\[C@@H](C)[C@H]1C/C(C)=C/C=C/CC[C@@H](O)[C@H](O)/C=C/[C@H](O)CCC/C=C/C(=O)O1. The number of carbonyl (C=O) groups is 2. The fraction of sp³-hybridized carbons (Fsp3) is 0.500. The second kappa shape index (κ2) is 18.1. The molecule has 0 aliphatic carbocycles. The molecule has 0 bridgehead atoms. The molecule has 1 aliphatic rings. The molecule has 37 heavy (non-hydrogen) atoms. The van der Waals surface area contributed by atoms with Crippen molar-refractivity contribution in [1.29, 1.82) is 0 Å². The minimum atomic E-state index is -1.05. The molecule has 202 valence electrons. The molecule has 3 N–H and O–H groups in total. The van der Waals surface area contributed by atoms with E-state index < -0.39 is 36.3 Å². The summed E-state index contributed by atoms with van der Waals surface area (Å²) in [5.41, 5.74) is 10.1. The van der Waals surface area contributed by atoms with E-state index in [2.05, 4.69) is 10.0 Å². The Morgan fingerprint density at radius 3 is 2.68 bits per heavy atom. The third-order valence-corrected chi connectivity index (χ3v) is 5.73. The largest absolute Gasteiger partial charge is 0.458 e. The van der Waals surface area contributed by atoms with Gasteiger partial charge in [-0.3, -0.25) is 4.79 Å². The number of rotatable bonds is 4. The Morgan fingerprint density at radius 1 is 1.19 bits per heavy atom. The number of nitrogens with zero attached hydrogens (tertiary/aromatic N) is 3. The summed E-state index contributed by atoms with van der Waals surface area (Å²) in [6, 6.07) is 0. The highest BCUT2D eigenvalue weighted by atomic mass is 16.5. The van der Waals surface area contributed by atoms with Gasteiger partial charge < -0.3 is 20.1 Å². The number of ether oxygens (including phenoxy) is 1. The molecule has 1 amide bonds. The van der Waals surface area contributed by atoms with Crippen molar-refractivity contribution in [2.75, 3.05) is 0 Å². The Labute approximate surface area is 218 Å². The van der Waals surface area contributed by atoms with Gasteiger partial charge in [-0.15, -0.1) is 0 Å². The number of aliphatic hydroxyl groups excluding tert-OH is 3. The number of azide groups is 1. The average Bonchev–Trinajstić information content (AvgIpc) is 2.84. The zero-order chi connectivity index (χ0) is 27.6. The number of hydrogen-bond donors (Lipinski definition) is 3. The Balaban J connectivity index is 3.05. The quantitative estimate of drug-likeness (QED) is 0.0922. The van der Waals surface area contributed by atoms with E-state index in [4.69, 9.17) is 10.3 Å². The molecule has 0 saturated heterocycles. The van der Waals surface area contributed by atoms with Crippen LogP contribution >= 0.6 is 0 Å². The molecule has 1 rings (SSSR count). The first-order chi connectivity index (χ1) is 17.6. The summed E-state index contributed by atoms with van der Waals surface area (Å²) in [5.74, 6) is -1.34. The van der Waals surface area contributed by atoms with E-state index in [1.807, 2.05) is 38.2 Å². The first kappa shape index (κ1) is 31.8. The highest BCUT2D eigenvalue weighted by Crippen LogP contribution is 2.21. The van der Waals surface area contributed by atoms with Crippen molar-refractivity contribution in [1.82, 2.24) is 0 Å². The van der Waals surface area contributed by atoms with Gasteiger partial charge in [0.2, 0.25) is 5.91 Å². The number of carbonyl (C=O) groups excluding carboxylic acids is 2. The molecule has 5 atom stereocenters. The third kappa shape index (κ3) is 14.8. The van der Waals surface area contributed by atoms with E-state index in [-0.39, 0.29) is 5.92 Å². The lowest BCUT2D eigenvalue weighted by molar-refractivity contribution is -0.144. The van der Waals surface area contributed by atoms with Crippen LogP contribution in [0.3, 0.4) is 0 Å². The van der Waals surface area contributed by atoms with Gasteiger partial charge in [0.05, 0.1) is 18.3 Å². The first-order valence-electron chi connectivity index (χ1n) is 12.5. The van der Waals surface area contributed by atoms with Crippen LogP contribution < -0.4 is 0 Å². The number of allylic oxidation sites excluding steroid dienone is 6. The second-order valence-electron chi connectivity index (χ2n) is 9.17. The van der Waals surface area contributed by atoms with Crippen LogP contribution in [0.2, 0.25) is 0 Å². The third-order valence-electron chi connectivity index (χ3n) is 5.73. The van der Waals surface area contributed by atoms with Crippen LogP contribution in [0, 0.1) is 5.92 Å². The normalized spacial score (nSPS) is 30.2. The smallest absolute Gasteiger partial charge is 0.330 e. The standard InChI is InChI=1S/C28H39N3O6/c1-20-10-6-4-8-12-24(33)25(34)16-15-23(32)11-7-5-9-13-28(36)37-26(19-20)22(3)18-21(2)14-17-27(35)30-31-29/h4,6,9-10,13-18,22-26,32-34H,5,7-8,11-12,19H2,1-3H3/b6-4+,13-9+,16-15+,17-14+,20-10+,21-18+/t22-,23-,24-,25-,26-/m1/s1. The average molecular weight is 514 g/mol. The van der Waals surface area contributed by atoms with Crippen molar-refractivity contribution in [2.45, 2.75) is 83.7 Å². The molecule has 0 radical (unpaired) electrons. The molecule has 0 aromatic carbocycles. The Morgan fingerprint density at radius 2 is 1.95 bits per heavy atom. The summed E-state index contributed by atoms with van der Waals surface area (Å²) >= 11 is 0. The van der Waals surface area contributed by atoms with Gasteiger partial charge >= 0.3 is 5.97 Å². The number of aliphatic hydroxyl groups is 3. The predicted octanol–water partition coefficient (Wildman–Crippen LogP) is 4.93. The molecule has 0 unspecified atom stereocenters. The van der Waals surface area contributed by atoms with Crippen LogP contribution in [0.1, 0.15) is 59.3 Å². The Hall–Kier alpha value is -3.23. The molecule has 0 spiro atoms. The van der Waals surface area contributed by atoms with E-state index in [1.54, 1.807) is 19.1 Å². The maximum Gasteiger partial charge on any atom is 0.330 e. The lowest BCUT2D eigenvalue weighted by Gasteiger charge is -2.22. The highest BCUT2D eigenvalue weighted by Gasteiger charge is 2.20. The first-order valence-corrected chi connectivity index (χ1v) is 12.5. The number of esters is 1. The lowest BCUT2D eigenvalue weighted by Crippen LogP contribution is -2.24. The van der Waals surface area contributed by atoms with E-state index in [9.17, 15) is 24.9 Å². The van der Waals surface area contributed by atoms with Crippen LogP contribution in [0.25, 0.3) is 10.4 Å². The zero-order valence-corrected chi connectivity index (χ0v) is 21.8. The summed E-state index contributed by atoms with van der Waals surface area (Å²) < 4.78 is 5.76. The van der Waals surface area contributed by atoms with Crippen molar-refractivity contribution < 1.29 is 29.6 Å². The van der Waals surface area contributed by atoms with Crippen LogP contribution in [0.15, 0.2) is 77.0 Å². The van der Waals surface area contributed by atoms with E-state index in [1.165, 1.54) is 24.3 Å². The molecular weight excluding hydrogens is 474 g/mol. The van der Waals surface area contributed by atoms with Gasteiger partial charge in [-0.05, 0) is 62.7 Å². The lowest BCUT2D eigenvalue weighted by atomic mass is 9.95. The van der Waals surface area contributed by atoms with Crippen molar-refractivity contribution >= 4 is 11.9 Å². The Kier molecular flexibility index (Phi) is 15.5. The Bertz CT molecular complexity index is 972. The minimum absolute atomic E-state index is 0.180. The summed E-state index contributed by atoms with van der Waals surface area (Å²) in [7, 11) is 0. The van der Waals surface area contributed by atoms with Gasteiger partial charge in [0.1, 0.15) is 6.10 Å². The second-order valence-corrected chi connectivity index (χ2v) is 9.17. The maximum atomic E-state index is 12.5. The van der Waals surface area contributed by atoms with Gasteiger partial charge in [0.25, 0.3) is 0 Å². The van der Waals surface area contributed by atoms with Gasteiger partial charge in [-0.2, -0.15) is 0 Å². The fourth-order valence-electron chi connectivity index (χ4n) is 3.62. The number of hydrogen-bond acceptors (Lipinski definition) is 6. The number of amides is 1. The summed E-state index contributed by atoms with van der Waals surface area (Å²) in [4.78, 5) is 26.4. The van der Waals surface area contributed by atoms with Crippen molar-refractivity contribution in [3.05, 3.63) is 82.3 Å². The van der Waals surface area contributed by atoms with Crippen LogP contribution in [0.5, 0.6) is 0 Å². The summed E-state index contributed by atoms with van der Waals surface area (Å²) in [6.07, 6.45) is 16.1. The fourth-order valence-corrected chi connectivity index (χ4v) is 3.62. The summed E-state index contributed by atoms with van der Waals surface area (Å²) in [6.45, 7) is 5.64. The maximum absolute atomic E-state index is 12.5. The van der Waals surface area contributed by atoms with Crippen LogP contribution in [0.4, 0.5) is 0 Å². The van der Waals surface area contributed by atoms with Gasteiger partial charge in [0, 0.05) is 23.3 Å². The molecule has 0 saturated carbocycles. The molecule has 1 aliphatic heterocycles. The van der Waals surface area contributed by atoms with Crippen LogP contribution in [-0.4, -0.2) is 51.6 Å². The van der Waals surface area contributed by atoms with Gasteiger partial charge in [0.15, 0.2) is 0 Å². The van der Waals surface area contributed by atoms with Gasteiger partial charge in [-0.25, -0.2) is 4.79 Å². The molecule has 9 nitrogen and oxygen atoms in total. The van der Waals surface area contributed by atoms with E-state index in [0.717, 1.165) is 11.1 Å². The predicted molar refractivity (Wildman–Crippen MR) is 143 cm³/mol. The van der Waals surface area contributed by atoms with E-state index in [0.29, 0.717) is 38.5 Å². The molecular formula is C28H39N3O6. The molecule has 1 heterocycles. The van der Waals surface area contributed by atoms with Crippen molar-refractivity contribution in [2.24, 2.45) is 11.0 Å². The molecule has 9 heteroatoms. The van der Waals surface area contributed by atoms with Crippen LogP contribution in [-0.2, 0) is 14.3 Å². The molecule has 0 fully saturated rings. The minimum Gasteiger partial charge on any atom is -0.458 e. The topological polar surface area (TPSA) is 153 Å². The summed E-state index contributed by atoms with van der Waals surface area (Å²) in [5, 5.41) is 33.2. The molecule has 0 aromatic heterocycles.